The quantitative estimate of drug-likeness (QED) is 0.200. The third-order valence-corrected chi connectivity index (χ3v) is 8.84. The number of aliphatic hydroxyl groups is 1. The Morgan fingerprint density at radius 3 is 2.55 bits per heavy atom. The van der Waals surface area contributed by atoms with E-state index in [0.717, 1.165) is 35.3 Å². The van der Waals surface area contributed by atoms with E-state index in [2.05, 4.69) is 33.7 Å². The van der Waals surface area contributed by atoms with E-state index in [1.54, 1.807) is 0 Å². The van der Waals surface area contributed by atoms with E-state index in [1.807, 2.05) is 78.9 Å². The molecule has 4 aromatic rings. The van der Waals surface area contributed by atoms with Crippen LogP contribution in [0.25, 0.3) is 11.0 Å². The van der Waals surface area contributed by atoms with Gasteiger partial charge in [0.15, 0.2) is 6.29 Å². The number of rotatable bonds is 10. The number of fused-ring (bicyclic) bond motifs is 1. The molecular formula is C36H40N4O4. The summed E-state index contributed by atoms with van der Waals surface area (Å²) in [4.78, 5) is 24.5. The minimum atomic E-state index is -0.634. The van der Waals surface area contributed by atoms with E-state index in [9.17, 15) is 9.90 Å². The largest absolute Gasteiger partial charge is 0.392 e. The molecule has 4 atom stereocenters. The number of aromatic nitrogens is 2. The summed E-state index contributed by atoms with van der Waals surface area (Å²) in [6.45, 7) is 7.80. The molecule has 3 aromatic carbocycles. The van der Waals surface area contributed by atoms with Crippen molar-refractivity contribution in [3.63, 3.8) is 0 Å². The minimum Gasteiger partial charge on any atom is -0.392 e. The van der Waals surface area contributed by atoms with Gasteiger partial charge in [-0.3, -0.25) is 14.7 Å². The first-order valence-corrected chi connectivity index (χ1v) is 15.5. The van der Waals surface area contributed by atoms with Crippen LogP contribution in [-0.4, -0.2) is 51.1 Å². The van der Waals surface area contributed by atoms with Crippen LogP contribution in [0.15, 0.2) is 91.6 Å². The van der Waals surface area contributed by atoms with Gasteiger partial charge in [-0.25, -0.2) is 4.98 Å². The number of benzene rings is 3. The molecule has 1 aromatic heterocycles. The van der Waals surface area contributed by atoms with Crippen LogP contribution in [0.3, 0.4) is 0 Å². The topological polar surface area (TPSA) is 96.8 Å². The summed E-state index contributed by atoms with van der Waals surface area (Å²) in [5.74, 6) is -0.259. The van der Waals surface area contributed by atoms with Crippen molar-refractivity contribution in [1.82, 2.24) is 14.9 Å². The Balaban J connectivity index is 1.25. The molecule has 6 rings (SSSR count). The lowest BCUT2D eigenvalue weighted by Gasteiger charge is -2.43. The summed E-state index contributed by atoms with van der Waals surface area (Å²) in [5, 5.41) is 12.6. The molecule has 2 aliphatic rings. The van der Waals surface area contributed by atoms with Gasteiger partial charge < -0.3 is 19.9 Å². The summed E-state index contributed by atoms with van der Waals surface area (Å²) in [6, 6.07) is 23.6. The standard InChI is InChI=1S/C36H40N4O4/c1-3-19-40(29-11-4-5-12-29)22-33-24(2)34(26-17-15-25(23-41)16-18-26)44-36(43-33)27-9-8-10-28(20-27)38-35(42)32-21-37-30-13-6-7-14-31(30)39-32/h3,6-10,13-18,20-21,24,29,33-34,36,41H,1,4-5,11-12,19,22-23H2,2H3,(H,38,42). The van der Waals surface area contributed by atoms with Gasteiger partial charge >= 0.3 is 0 Å². The monoisotopic (exact) mass is 592 g/mol. The number of para-hydroxylation sites is 2. The van der Waals surface area contributed by atoms with E-state index in [-0.39, 0.29) is 36.3 Å². The highest BCUT2D eigenvalue weighted by molar-refractivity contribution is 6.03. The molecule has 1 aliphatic heterocycles. The fourth-order valence-corrected chi connectivity index (χ4v) is 6.39. The van der Waals surface area contributed by atoms with Crippen LogP contribution in [0.5, 0.6) is 0 Å². The van der Waals surface area contributed by atoms with Crippen molar-refractivity contribution in [1.29, 1.82) is 0 Å². The highest BCUT2D eigenvalue weighted by Gasteiger charge is 2.40. The van der Waals surface area contributed by atoms with E-state index < -0.39 is 6.29 Å². The van der Waals surface area contributed by atoms with Crippen LogP contribution in [0, 0.1) is 5.92 Å². The van der Waals surface area contributed by atoms with E-state index >= 15 is 0 Å². The van der Waals surface area contributed by atoms with Gasteiger partial charge in [-0.1, -0.05) is 74.4 Å². The summed E-state index contributed by atoms with van der Waals surface area (Å²) < 4.78 is 13.4. The lowest BCUT2D eigenvalue weighted by Crippen LogP contribution is -2.47. The molecule has 0 bridgehead atoms. The van der Waals surface area contributed by atoms with Crippen molar-refractivity contribution >= 4 is 22.6 Å². The maximum absolute atomic E-state index is 13.1. The summed E-state index contributed by atoms with van der Waals surface area (Å²) in [6.07, 6.45) is 7.45. The maximum Gasteiger partial charge on any atom is 0.275 e. The second-order valence-electron chi connectivity index (χ2n) is 11.8. The second kappa shape index (κ2) is 13.8. The smallest absolute Gasteiger partial charge is 0.275 e. The van der Waals surface area contributed by atoms with Crippen molar-refractivity contribution < 1.29 is 19.4 Å². The predicted molar refractivity (Wildman–Crippen MR) is 171 cm³/mol. The number of carbonyl (C=O) groups is 1. The molecule has 1 saturated heterocycles. The van der Waals surface area contributed by atoms with Gasteiger partial charge in [0.25, 0.3) is 5.91 Å². The summed E-state index contributed by atoms with van der Waals surface area (Å²) in [5.41, 5.74) is 4.99. The fraction of sp³-hybridized carbons (Fsp3) is 0.361. The first kappa shape index (κ1) is 30.1. The van der Waals surface area contributed by atoms with Crippen LogP contribution < -0.4 is 5.32 Å². The highest BCUT2D eigenvalue weighted by Crippen LogP contribution is 2.42. The Hall–Kier alpha value is -3.95. The number of aliphatic hydroxyl groups excluding tert-OH is 1. The molecular weight excluding hydrogens is 552 g/mol. The van der Waals surface area contributed by atoms with Crippen LogP contribution in [0.2, 0.25) is 0 Å². The van der Waals surface area contributed by atoms with E-state index in [0.29, 0.717) is 17.2 Å². The molecule has 44 heavy (non-hydrogen) atoms. The number of hydrogen-bond acceptors (Lipinski definition) is 7. The number of amides is 1. The zero-order valence-electron chi connectivity index (χ0n) is 25.1. The molecule has 4 unspecified atom stereocenters. The number of ether oxygens (including phenoxy) is 2. The third-order valence-electron chi connectivity index (χ3n) is 8.84. The van der Waals surface area contributed by atoms with E-state index in [1.165, 1.54) is 31.9 Å². The van der Waals surface area contributed by atoms with Crippen molar-refractivity contribution in [2.45, 2.75) is 63.8 Å². The van der Waals surface area contributed by atoms with Gasteiger partial charge in [0.1, 0.15) is 5.69 Å². The van der Waals surface area contributed by atoms with Gasteiger partial charge in [-0.05, 0) is 48.2 Å². The number of carbonyl (C=O) groups excluding carboxylic acids is 1. The average Bonchev–Trinajstić information content (AvgIpc) is 3.60. The maximum atomic E-state index is 13.1. The van der Waals surface area contributed by atoms with Crippen LogP contribution >= 0.6 is 0 Å². The number of nitrogens with one attached hydrogen (secondary N) is 1. The molecule has 8 heteroatoms. The lowest BCUT2D eigenvalue weighted by molar-refractivity contribution is -0.276. The lowest BCUT2D eigenvalue weighted by atomic mass is 9.89. The van der Waals surface area contributed by atoms with Gasteiger partial charge in [0.05, 0.1) is 36.0 Å². The van der Waals surface area contributed by atoms with Crippen LogP contribution in [-0.2, 0) is 16.1 Å². The first-order chi connectivity index (χ1) is 21.5. The molecule has 8 nitrogen and oxygen atoms in total. The molecule has 0 spiro atoms. The fourth-order valence-electron chi connectivity index (χ4n) is 6.39. The van der Waals surface area contributed by atoms with Crippen molar-refractivity contribution in [3.05, 3.63) is 114 Å². The summed E-state index contributed by atoms with van der Waals surface area (Å²) >= 11 is 0. The Labute approximate surface area is 258 Å². The molecule has 1 saturated carbocycles. The minimum absolute atomic E-state index is 0.00306. The zero-order chi connectivity index (χ0) is 30.5. The first-order valence-electron chi connectivity index (χ1n) is 15.5. The zero-order valence-corrected chi connectivity index (χ0v) is 25.1. The normalized spacial score (nSPS) is 22.3. The van der Waals surface area contributed by atoms with Gasteiger partial charge in [0, 0.05) is 36.3 Å². The van der Waals surface area contributed by atoms with Crippen molar-refractivity contribution in [2.75, 3.05) is 18.4 Å². The number of anilines is 1. The molecule has 228 valence electrons. The molecule has 1 amide bonds. The van der Waals surface area contributed by atoms with Crippen LogP contribution in [0.1, 0.15) is 72.2 Å². The molecule has 2 N–H and O–H groups in total. The van der Waals surface area contributed by atoms with Gasteiger partial charge in [-0.2, -0.15) is 0 Å². The Kier molecular flexibility index (Phi) is 9.43. The Morgan fingerprint density at radius 1 is 1.02 bits per heavy atom. The van der Waals surface area contributed by atoms with Crippen molar-refractivity contribution in [3.8, 4) is 0 Å². The molecule has 2 fully saturated rings. The molecule has 2 heterocycles. The summed E-state index contributed by atoms with van der Waals surface area (Å²) in [7, 11) is 0. The SMILES string of the molecule is C=CCN(CC1OC(c2cccc(NC(=O)c3cnc4ccccc4n3)c2)OC(c2ccc(CO)cc2)C1C)C1CCCC1. The third kappa shape index (κ3) is 6.74. The van der Waals surface area contributed by atoms with Crippen molar-refractivity contribution in [2.24, 2.45) is 5.92 Å². The Bertz CT molecular complexity index is 1590. The second-order valence-corrected chi connectivity index (χ2v) is 11.8. The number of nitrogens with zero attached hydrogens (tertiary/aromatic N) is 3. The molecule has 1 aliphatic carbocycles. The van der Waals surface area contributed by atoms with E-state index in [4.69, 9.17) is 9.47 Å². The van der Waals surface area contributed by atoms with Gasteiger partial charge in [0.2, 0.25) is 0 Å². The predicted octanol–water partition coefficient (Wildman–Crippen LogP) is 6.60. The van der Waals surface area contributed by atoms with Gasteiger partial charge in [-0.15, -0.1) is 6.58 Å². The molecule has 0 radical (unpaired) electrons. The number of hydrogen-bond donors (Lipinski definition) is 2. The van der Waals surface area contributed by atoms with Crippen LogP contribution in [0.4, 0.5) is 5.69 Å². The Morgan fingerprint density at radius 2 is 1.80 bits per heavy atom. The average molecular weight is 593 g/mol. The highest BCUT2D eigenvalue weighted by atomic mass is 16.7.